The van der Waals surface area contributed by atoms with Gasteiger partial charge in [0.2, 0.25) is 0 Å². The van der Waals surface area contributed by atoms with E-state index in [0.717, 1.165) is 6.07 Å². The van der Waals surface area contributed by atoms with Crippen LogP contribution < -0.4 is 10.7 Å². The second kappa shape index (κ2) is 6.01. The van der Waals surface area contributed by atoms with Crippen LogP contribution >= 0.6 is 0 Å². The smallest absolute Gasteiger partial charge is 0.338 e. The van der Waals surface area contributed by atoms with E-state index in [1.54, 1.807) is 0 Å². The van der Waals surface area contributed by atoms with Crippen molar-refractivity contribution < 1.29 is 24.4 Å². The molecule has 0 atom stereocenters. The number of carboxylic acid groups (broad SMARTS) is 1. The fourth-order valence-corrected chi connectivity index (χ4v) is 2.25. The number of benzene rings is 1. The first-order valence-electron chi connectivity index (χ1n) is 6.43. The van der Waals surface area contributed by atoms with Crippen LogP contribution in [-0.2, 0) is 20.9 Å². The molecular formula is C13H12N4O6. The van der Waals surface area contributed by atoms with Gasteiger partial charge in [0, 0.05) is 23.7 Å². The molecular weight excluding hydrogens is 308 g/mol. The Bertz CT molecular complexity index is 860. The van der Waals surface area contributed by atoms with Crippen LogP contribution in [0.3, 0.4) is 0 Å². The lowest BCUT2D eigenvalue weighted by atomic mass is 10.0. The molecule has 10 nitrogen and oxygen atoms in total. The normalized spacial score (nSPS) is 13.3. The van der Waals surface area contributed by atoms with Crippen LogP contribution in [-0.4, -0.2) is 46.3 Å². The van der Waals surface area contributed by atoms with E-state index in [9.17, 15) is 24.5 Å². The van der Waals surface area contributed by atoms with Crippen LogP contribution in [0.1, 0.15) is 11.1 Å². The Balaban J connectivity index is 2.69. The standard InChI is InChI=1S/C13H12N4O6/c1-6-7(4-16(2)5-10(18)19)11-8(3-9(6)17(22)23)14-12(20)13(21)15-11/h3H,4-5H2,1-2H3,(H,18,19). The maximum absolute atomic E-state index is 11.5. The molecule has 120 valence electrons. The molecule has 1 heterocycles. The molecule has 0 saturated heterocycles. The van der Waals surface area contributed by atoms with E-state index >= 15 is 0 Å². The van der Waals surface area contributed by atoms with Crippen molar-refractivity contribution in [2.45, 2.75) is 13.5 Å². The minimum Gasteiger partial charge on any atom is -0.480 e. The Kier molecular flexibility index (Phi) is 4.27. The van der Waals surface area contributed by atoms with Crippen molar-refractivity contribution >= 4 is 23.5 Å². The van der Waals surface area contributed by atoms with Gasteiger partial charge in [0.25, 0.3) is 5.69 Å². The van der Waals surface area contributed by atoms with E-state index < -0.39 is 22.7 Å². The summed E-state index contributed by atoms with van der Waals surface area (Å²) in [5.74, 6) is -3.23. The summed E-state index contributed by atoms with van der Waals surface area (Å²) in [6.07, 6.45) is 0. The molecule has 0 aromatic heterocycles. The van der Waals surface area contributed by atoms with Crippen LogP contribution in [0.2, 0.25) is 0 Å². The number of carbonyl (C=O) groups excluding carboxylic acids is 2. The van der Waals surface area contributed by atoms with Gasteiger partial charge in [-0.1, -0.05) is 0 Å². The Morgan fingerprint density at radius 3 is 2.52 bits per heavy atom. The lowest BCUT2D eigenvalue weighted by Gasteiger charge is -2.16. The number of nitro benzene ring substituents is 1. The molecule has 1 aromatic carbocycles. The van der Waals surface area contributed by atoms with E-state index in [1.807, 2.05) is 0 Å². The minimum atomic E-state index is -1.10. The third kappa shape index (κ3) is 3.26. The molecule has 1 aromatic rings. The van der Waals surface area contributed by atoms with E-state index in [4.69, 9.17) is 5.11 Å². The van der Waals surface area contributed by atoms with Crippen molar-refractivity contribution in [2.24, 2.45) is 9.98 Å². The summed E-state index contributed by atoms with van der Waals surface area (Å²) in [7, 11) is 1.51. The number of hydrogen-bond donors (Lipinski definition) is 1. The molecule has 0 aliphatic carbocycles. The number of rotatable bonds is 5. The van der Waals surface area contributed by atoms with Crippen molar-refractivity contribution in [3.05, 3.63) is 38.0 Å². The van der Waals surface area contributed by atoms with Gasteiger partial charge in [-0.3, -0.25) is 29.4 Å². The number of nitrogens with zero attached hydrogens (tertiary/aromatic N) is 4. The second-order valence-electron chi connectivity index (χ2n) is 5.02. The first-order chi connectivity index (χ1) is 10.7. The topological polar surface area (TPSA) is 143 Å². The van der Waals surface area contributed by atoms with Gasteiger partial charge in [-0.05, 0) is 14.0 Å². The zero-order chi connectivity index (χ0) is 17.3. The lowest BCUT2D eigenvalue weighted by molar-refractivity contribution is -0.385. The molecule has 0 fully saturated rings. The molecule has 23 heavy (non-hydrogen) atoms. The molecule has 2 amide bonds. The van der Waals surface area contributed by atoms with Crippen LogP contribution in [0, 0.1) is 17.0 Å². The van der Waals surface area contributed by atoms with Crippen molar-refractivity contribution in [3.8, 4) is 0 Å². The van der Waals surface area contributed by atoms with Crippen molar-refractivity contribution in [1.29, 1.82) is 0 Å². The second-order valence-corrected chi connectivity index (χ2v) is 5.02. The fraction of sp³-hybridized carbons (Fsp3) is 0.308. The van der Waals surface area contributed by atoms with Crippen LogP contribution in [0.5, 0.6) is 0 Å². The van der Waals surface area contributed by atoms with Gasteiger partial charge in [-0.2, -0.15) is 0 Å². The maximum Gasteiger partial charge on any atom is 0.338 e. The highest BCUT2D eigenvalue weighted by atomic mass is 16.6. The number of carboxylic acids is 1. The van der Waals surface area contributed by atoms with Crippen LogP contribution in [0.25, 0.3) is 0 Å². The Morgan fingerprint density at radius 2 is 1.96 bits per heavy atom. The van der Waals surface area contributed by atoms with E-state index in [-0.39, 0.29) is 35.1 Å². The molecule has 0 spiro atoms. The van der Waals surface area contributed by atoms with Crippen molar-refractivity contribution in [3.63, 3.8) is 0 Å². The zero-order valence-corrected chi connectivity index (χ0v) is 12.3. The van der Waals surface area contributed by atoms with Gasteiger partial charge < -0.3 is 5.11 Å². The molecule has 1 aliphatic rings. The molecule has 0 saturated carbocycles. The fourth-order valence-electron chi connectivity index (χ4n) is 2.25. The molecule has 2 rings (SSSR count). The first-order valence-corrected chi connectivity index (χ1v) is 6.43. The molecule has 0 bridgehead atoms. The summed E-state index contributed by atoms with van der Waals surface area (Å²) >= 11 is 0. The van der Waals surface area contributed by atoms with Crippen molar-refractivity contribution in [1.82, 2.24) is 4.90 Å². The Hall–Kier alpha value is -3.01. The van der Waals surface area contributed by atoms with E-state index in [1.165, 1.54) is 18.9 Å². The predicted octanol–water partition coefficient (Wildman–Crippen LogP) is -1.27. The summed E-state index contributed by atoms with van der Waals surface area (Å²) in [6, 6.07) is 1.08. The van der Waals surface area contributed by atoms with Gasteiger partial charge in [0.15, 0.2) is 0 Å². The monoisotopic (exact) mass is 320 g/mol. The summed E-state index contributed by atoms with van der Waals surface area (Å²) in [6.45, 7) is 1.17. The largest absolute Gasteiger partial charge is 0.480 e. The van der Waals surface area contributed by atoms with Crippen LogP contribution in [0.15, 0.2) is 16.1 Å². The summed E-state index contributed by atoms with van der Waals surface area (Å²) in [4.78, 5) is 52.6. The number of likely N-dealkylation sites (N-methyl/N-ethyl adjacent to an activating group) is 1. The predicted molar refractivity (Wildman–Crippen MR) is 74.1 cm³/mol. The third-order valence-corrected chi connectivity index (χ3v) is 3.29. The van der Waals surface area contributed by atoms with E-state index in [0.29, 0.717) is 5.56 Å². The minimum absolute atomic E-state index is 0.00262. The highest BCUT2D eigenvalue weighted by Gasteiger charge is 2.24. The maximum atomic E-state index is 11.5. The number of hydrogen-bond acceptors (Lipinski definition) is 6. The van der Waals surface area contributed by atoms with E-state index in [2.05, 4.69) is 9.98 Å². The highest BCUT2D eigenvalue weighted by Crippen LogP contribution is 2.18. The number of carbonyl (C=O) groups is 3. The number of amides is 2. The summed E-state index contributed by atoms with van der Waals surface area (Å²) in [5.41, 5.74) is 0.262. The van der Waals surface area contributed by atoms with Gasteiger partial charge in [-0.25, -0.2) is 9.98 Å². The highest BCUT2D eigenvalue weighted by molar-refractivity contribution is 6.36. The summed E-state index contributed by atoms with van der Waals surface area (Å²) in [5, 5.41) is 19.9. The van der Waals surface area contributed by atoms with Crippen molar-refractivity contribution in [2.75, 3.05) is 13.6 Å². The van der Waals surface area contributed by atoms with Gasteiger partial charge in [-0.15, -0.1) is 0 Å². The lowest BCUT2D eigenvalue weighted by Crippen LogP contribution is -2.40. The Morgan fingerprint density at radius 1 is 1.35 bits per heavy atom. The molecule has 0 radical (unpaired) electrons. The average Bonchev–Trinajstić information content (AvgIpc) is 2.42. The summed E-state index contributed by atoms with van der Waals surface area (Å²) < 4.78 is 0. The molecule has 1 aliphatic heterocycles. The quantitative estimate of drug-likeness (QED) is 0.404. The first kappa shape index (κ1) is 16.4. The molecule has 0 unspecified atom stereocenters. The zero-order valence-electron chi connectivity index (χ0n) is 12.3. The number of aliphatic carboxylic acids is 1. The third-order valence-electron chi connectivity index (χ3n) is 3.29. The van der Waals surface area contributed by atoms with Gasteiger partial charge >= 0.3 is 17.8 Å². The SMILES string of the molecule is Cc1c([N+](=O)[O-])cc2c(c1CN(C)CC(=O)O)=NC(=O)C(=O)N=2. The van der Waals surface area contributed by atoms with Gasteiger partial charge in [0.05, 0.1) is 16.8 Å². The average molecular weight is 320 g/mol. The van der Waals surface area contributed by atoms with Crippen LogP contribution in [0.4, 0.5) is 5.69 Å². The number of fused-ring (bicyclic) bond motifs is 1. The molecule has 10 heteroatoms. The number of nitro groups is 1. The Labute approximate surface area is 128 Å². The molecule has 1 N–H and O–H groups in total. The van der Waals surface area contributed by atoms with Gasteiger partial charge in [0.1, 0.15) is 5.36 Å².